The number of rotatable bonds is 12. The number of ether oxygens (including phenoxy) is 1. The van der Waals surface area contributed by atoms with E-state index in [4.69, 9.17) is 4.74 Å². The molecule has 0 spiro atoms. The summed E-state index contributed by atoms with van der Waals surface area (Å²) in [6.07, 6.45) is 5.26. The second-order valence-corrected chi connectivity index (χ2v) is 9.43. The minimum Gasteiger partial charge on any atom is -0.378 e. The molecule has 2 aliphatic rings. The molecule has 4 rings (SSSR count). The van der Waals surface area contributed by atoms with Crippen molar-refractivity contribution < 1.29 is 27.9 Å². The number of pyridine rings is 1. The van der Waals surface area contributed by atoms with Crippen molar-refractivity contribution in [3.63, 3.8) is 0 Å². The maximum atomic E-state index is 14.2. The molecule has 2 aliphatic heterocycles. The number of methoxy groups -OCH3 is 1. The fraction of sp³-hybridized carbons (Fsp3) is 0.407. The van der Waals surface area contributed by atoms with Crippen LogP contribution in [0, 0.1) is 11.6 Å². The van der Waals surface area contributed by atoms with Gasteiger partial charge in [-0.05, 0) is 68.7 Å². The fourth-order valence-corrected chi connectivity index (χ4v) is 5.14. The molecule has 14 heteroatoms. The lowest BCUT2D eigenvalue weighted by Crippen LogP contribution is -2.57. The van der Waals surface area contributed by atoms with Crippen molar-refractivity contribution >= 4 is 43.7 Å². The molecular formula is C27H34Cl2F2N6O4. The molecule has 224 valence electrons. The molecule has 4 amide bonds. The van der Waals surface area contributed by atoms with Gasteiger partial charge in [-0.2, -0.15) is 0 Å². The first-order chi connectivity index (χ1) is 19.0. The highest BCUT2D eigenvalue weighted by atomic mass is 35.5. The number of nitrogens with zero attached hydrogens (tertiary/aromatic N) is 4. The van der Waals surface area contributed by atoms with Crippen molar-refractivity contribution in [1.82, 2.24) is 30.5 Å². The van der Waals surface area contributed by atoms with Crippen LogP contribution >= 0.6 is 24.8 Å². The number of carbonyl (C=O) groups excluding carboxylic acids is 3. The Morgan fingerprint density at radius 3 is 2.51 bits per heavy atom. The largest absolute Gasteiger partial charge is 0.378 e. The number of urea groups is 1. The van der Waals surface area contributed by atoms with Crippen LogP contribution < -0.4 is 10.6 Å². The molecule has 2 N–H and O–H groups in total. The number of halogens is 4. The minimum atomic E-state index is -1.12. The van der Waals surface area contributed by atoms with Crippen LogP contribution in [0.1, 0.15) is 42.5 Å². The normalized spacial score (nSPS) is 17.7. The lowest BCUT2D eigenvalue weighted by molar-refractivity contribution is -0.133. The summed E-state index contributed by atoms with van der Waals surface area (Å²) in [4.78, 5) is 43.7. The van der Waals surface area contributed by atoms with Crippen LogP contribution in [0.3, 0.4) is 0 Å². The van der Waals surface area contributed by atoms with Gasteiger partial charge in [-0.15, -0.1) is 24.8 Å². The van der Waals surface area contributed by atoms with Crippen LogP contribution in [0.4, 0.5) is 13.6 Å². The zero-order chi connectivity index (χ0) is 27.8. The molecule has 2 aromatic rings. The van der Waals surface area contributed by atoms with Crippen LogP contribution in [-0.4, -0.2) is 78.6 Å². The smallest absolute Gasteiger partial charge is 0.341 e. The highest BCUT2D eigenvalue weighted by Crippen LogP contribution is 2.34. The van der Waals surface area contributed by atoms with Crippen LogP contribution in [0.25, 0.3) is 0 Å². The second-order valence-electron chi connectivity index (χ2n) is 9.43. The Labute approximate surface area is 249 Å². The van der Waals surface area contributed by atoms with E-state index in [1.165, 1.54) is 18.2 Å². The van der Waals surface area contributed by atoms with E-state index in [1.54, 1.807) is 0 Å². The van der Waals surface area contributed by atoms with Crippen LogP contribution in [0.15, 0.2) is 54.0 Å². The number of hydrazine groups is 1. The van der Waals surface area contributed by atoms with Gasteiger partial charge in [0.15, 0.2) is 11.6 Å². The van der Waals surface area contributed by atoms with E-state index in [9.17, 15) is 23.2 Å². The first kappa shape index (κ1) is 33.9. The summed E-state index contributed by atoms with van der Waals surface area (Å²) in [6, 6.07) is 7.36. The zero-order valence-electron chi connectivity index (χ0n) is 22.5. The molecule has 1 fully saturated rings. The maximum absolute atomic E-state index is 14.2. The lowest BCUT2D eigenvalue weighted by atomic mass is 9.93. The Morgan fingerprint density at radius 1 is 1.15 bits per heavy atom. The van der Waals surface area contributed by atoms with Gasteiger partial charge in [-0.25, -0.2) is 18.6 Å². The highest BCUT2D eigenvalue weighted by molar-refractivity contribution is 5.85. The summed E-state index contributed by atoms with van der Waals surface area (Å²) >= 11 is 0. The monoisotopic (exact) mass is 614 g/mol. The quantitative estimate of drug-likeness (QED) is 0.354. The highest BCUT2D eigenvalue weighted by Gasteiger charge is 2.39. The van der Waals surface area contributed by atoms with Gasteiger partial charge in [0.2, 0.25) is 12.8 Å². The van der Waals surface area contributed by atoms with Crippen LogP contribution in [0.2, 0.25) is 0 Å². The van der Waals surface area contributed by atoms with Crippen molar-refractivity contribution in [2.75, 3.05) is 39.9 Å². The lowest BCUT2D eigenvalue weighted by Gasteiger charge is -2.43. The first-order valence-electron chi connectivity index (χ1n) is 12.8. The number of carbonyl (C=O) groups is 3. The molecule has 0 aliphatic carbocycles. The SMILES string of the molecule is COCC1=C(NC=O)C(c2ccc(F)c(F)c2)N(N(C=O)CCCN2CCC(c3ccccn3)CC2)C(=O)N1.Cl.Cl. The number of likely N-dealkylation sites (tertiary alicyclic amines) is 1. The fourth-order valence-electron chi connectivity index (χ4n) is 5.14. The Kier molecular flexibility index (Phi) is 13.4. The molecule has 3 heterocycles. The van der Waals surface area contributed by atoms with Gasteiger partial charge in [-0.1, -0.05) is 12.1 Å². The van der Waals surface area contributed by atoms with Crippen molar-refractivity contribution in [3.8, 4) is 0 Å². The van der Waals surface area contributed by atoms with Gasteiger partial charge < -0.3 is 20.3 Å². The minimum absolute atomic E-state index is 0. The molecule has 0 bridgehead atoms. The number of benzene rings is 1. The van der Waals surface area contributed by atoms with Crippen molar-refractivity contribution in [2.45, 2.75) is 31.2 Å². The number of piperidine rings is 1. The van der Waals surface area contributed by atoms with Crippen molar-refractivity contribution in [1.29, 1.82) is 0 Å². The van der Waals surface area contributed by atoms with E-state index >= 15 is 0 Å². The molecule has 1 aromatic heterocycles. The van der Waals surface area contributed by atoms with Gasteiger partial charge in [0.1, 0.15) is 6.04 Å². The van der Waals surface area contributed by atoms with Gasteiger partial charge in [-0.3, -0.25) is 19.6 Å². The van der Waals surface area contributed by atoms with Crippen LogP contribution in [-0.2, 0) is 14.3 Å². The average Bonchev–Trinajstić information content (AvgIpc) is 2.95. The topological polar surface area (TPSA) is 107 Å². The molecule has 1 unspecified atom stereocenters. The first-order valence-corrected chi connectivity index (χ1v) is 12.8. The number of hydrogen-bond donors (Lipinski definition) is 2. The van der Waals surface area contributed by atoms with E-state index in [0.717, 1.165) is 48.8 Å². The molecule has 1 saturated heterocycles. The van der Waals surface area contributed by atoms with Crippen molar-refractivity contribution in [2.24, 2.45) is 0 Å². The van der Waals surface area contributed by atoms with E-state index in [1.807, 2.05) is 18.3 Å². The maximum Gasteiger partial charge on any atom is 0.341 e. The molecule has 0 saturated carbocycles. The molecular weight excluding hydrogens is 581 g/mol. The van der Waals surface area contributed by atoms with E-state index in [-0.39, 0.29) is 54.9 Å². The summed E-state index contributed by atoms with van der Waals surface area (Å²) in [7, 11) is 1.41. The summed E-state index contributed by atoms with van der Waals surface area (Å²) in [6.45, 7) is 2.60. The summed E-state index contributed by atoms with van der Waals surface area (Å²) in [5, 5.41) is 7.49. The Morgan fingerprint density at radius 2 is 1.90 bits per heavy atom. The average molecular weight is 616 g/mol. The molecule has 0 radical (unpaired) electrons. The van der Waals surface area contributed by atoms with E-state index < -0.39 is 23.7 Å². The Balaban J connectivity index is 0.00000294. The van der Waals surface area contributed by atoms with E-state index in [0.29, 0.717) is 31.7 Å². The standard InChI is InChI=1S/C27H32F2N6O4.2ClH/c1-39-16-24-25(31-17-36)26(20-6-7-21(28)22(29)15-20)35(27(38)32-24)34(18-37)12-4-11-33-13-8-19(9-14-33)23-5-2-3-10-30-23;;/h2-3,5-7,10,15,17-19,26H,4,8-9,11-14,16H2,1H3,(H,31,36)(H,32,38);2*1H. The number of aromatic nitrogens is 1. The second kappa shape index (κ2) is 16.2. The van der Waals surface area contributed by atoms with Gasteiger partial charge in [0.25, 0.3) is 0 Å². The van der Waals surface area contributed by atoms with E-state index in [2.05, 4.69) is 26.6 Å². The number of nitrogens with one attached hydrogen (secondary N) is 2. The van der Waals surface area contributed by atoms with Gasteiger partial charge >= 0.3 is 6.03 Å². The van der Waals surface area contributed by atoms with Gasteiger partial charge in [0, 0.05) is 31.5 Å². The zero-order valence-corrected chi connectivity index (χ0v) is 24.1. The number of amides is 4. The Bertz CT molecular complexity index is 1200. The summed E-state index contributed by atoms with van der Waals surface area (Å²) < 4.78 is 33.1. The Hall–Kier alpha value is -3.32. The molecule has 1 aromatic carbocycles. The molecule has 41 heavy (non-hydrogen) atoms. The molecule has 10 nitrogen and oxygen atoms in total. The third kappa shape index (κ3) is 8.13. The van der Waals surface area contributed by atoms with Crippen LogP contribution in [0.5, 0.6) is 0 Å². The summed E-state index contributed by atoms with van der Waals surface area (Å²) in [5.41, 5.74) is 1.69. The molecule has 1 atom stereocenters. The number of hydrogen-bond acceptors (Lipinski definition) is 6. The third-order valence-electron chi connectivity index (χ3n) is 7.03. The predicted octanol–water partition coefficient (Wildman–Crippen LogP) is 3.52. The summed E-state index contributed by atoms with van der Waals surface area (Å²) in [5.74, 6) is -1.76. The third-order valence-corrected chi connectivity index (χ3v) is 7.03. The van der Waals surface area contributed by atoms with Gasteiger partial charge in [0.05, 0.1) is 18.0 Å². The predicted molar refractivity (Wildman–Crippen MR) is 152 cm³/mol. The van der Waals surface area contributed by atoms with Crippen molar-refractivity contribution in [3.05, 3.63) is 76.9 Å².